The second-order valence-electron chi connectivity index (χ2n) is 7.59. The third-order valence-electron chi connectivity index (χ3n) is 5.01. The Morgan fingerprint density at radius 2 is 1.95 bits per heavy atom. The highest BCUT2D eigenvalue weighted by Gasteiger charge is 2.15. The van der Waals surface area contributed by atoms with E-state index in [-0.39, 0.29) is 12.3 Å². The summed E-state index contributed by atoms with van der Waals surface area (Å²) in [6, 6.07) is 14.8. The van der Waals surface area contributed by atoms with Crippen LogP contribution in [0.5, 0.6) is 11.5 Å². The molecule has 0 aliphatic heterocycles. The summed E-state index contributed by atoms with van der Waals surface area (Å²) in [4.78, 5) is 23.4. The lowest BCUT2D eigenvalue weighted by atomic mass is 10.2. The first-order chi connectivity index (χ1) is 17.7. The van der Waals surface area contributed by atoms with Gasteiger partial charge in [-0.05, 0) is 70.4 Å². The van der Waals surface area contributed by atoms with Gasteiger partial charge in [-0.2, -0.15) is 5.10 Å². The molecule has 0 saturated heterocycles. The Morgan fingerprint density at radius 1 is 1.14 bits per heavy atom. The highest BCUT2D eigenvalue weighted by Crippen LogP contribution is 2.37. The molecule has 190 valence electrons. The number of hydrogen-bond donors (Lipinski definition) is 1. The van der Waals surface area contributed by atoms with Gasteiger partial charge in [0.05, 0.1) is 37.1 Å². The molecule has 0 saturated carbocycles. The van der Waals surface area contributed by atoms with Crippen molar-refractivity contribution < 1.29 is 19.2 Å². The van der Waals surface area contributed by atoms with Crippen LogP contribution in [-0.2, 0) is 6.61 Å². The van der Waals surface area contributed by atoms with Crippen molar-refractivity contribution in [3.63, 3.8) is 0 Å². The number of non-ortho nitro benzene ring substituents is 1. The van der Waals surface area contributed by atoms with Crippen LogP contribution >= 0.6 is 50.5 Å². The highest BCUT2D eigenvalue weighted by molar-refractivity contribution is 9.10. The Hall–Kier alpha value is -3.18. The van der Waals surface area contributed by atoms with E-state index < -0.39 is 10.8 Å². The van der Waals surface area contributed by atoms with E-state index in [0.29, 0.717) is 48.5 Å². The maximum Gasteiger partial charge on any atom is 0.281 e. The molecule has 1 aromatic heterocycles. The van der Waals surface area contributed by atoms with Crippen molar-refractivity contribution in [2.24, 2.45) is 5.10 Å². The summed E-state index contributed by atoms with van der Waals surface area (Å²) >= 11 is 16.8. The van der Waals surface area contributed by atoms with Gasteiger partial charge in [0.2, 0.25) is 0 Å². The Morgan fingerprint density at radius 3 is 2.68 bits per heavy atom. The zero-order chi connectivity index (χ0) is 26.5. The number of hydrogen-bond acceptors (Lipinski definition) is 7. The summed E-state index contributed by atoms with van der Waals surface area (Å²) in [5.74, 6) is 0.579. The summed E-state index contributed by atoms with van der Waals surface area (Å²) in [6.45, 7) is 2.52. The summed E-state index contributed by atoms with van der Waals surface area (Å²) in [7, 11) is 0. The van der Waals surface area contributed by atoms with Crippen molar-refractivity contribution in [1.29, 1.82) is 0 Å². The summed E-state index contributed by atoms with van der Waals surface area (Å²) in [5.41, 5.74) is 3.95. The lowest BCUT2D eigenvalue weighted by Crippen LogP contribution is -2.16. The molecule has 1 N–H and O–H groups in total. The Bertz CT molecular complexity index is 1530. The zero-order valence-electron chi connectivity index (χ0n) is 19.2. The Kier molecular flexibility index (Phi) is 8.65. The van der Waals surface area contributed by atoms with E-state index >= 15 is 0 Å². The Balaban J connectivity index is 1.46. The standard InChI is InChI=1S/C25H18BrCl2N3O5S/c1-2-35-21-9-15(7-18(26)24(21)36-13-14-3-5-19(27)20(28)8-14)12-29-30-25(32)23-11-16-10-17(31(33)34)4-6-22(16)37-23/h3-12H,2,13H2,1H3,(H,30,32)/b29-12-. The van der Waals surface area contributed by atoms with Gasteiger partial charge in [-0.1, -0.05) is 29.3 Å². The van der Waals surface area contributed by atoms with E-state index in [9.17, 15) is 14.9 Å². The lowest BCUT2D eigenvalue weighted by Gasteiger charge is -2.15. The average molecular weight is 623 g/mol. The second-order valence-corrected chi connectivity index (χ2v) is 10.3. The van der Waals surface area contributed by atoms with E-state index in [1.807, 2.05) is 13.0 Å². The molecule has 3 aromatic carbocycles. The zero-order valence-corrected chi connectivity index (χ0v) is 23.1. The summed E-state index contributed by atoms with van der Waals surface area (Å²) < 4.78 is 13.1. The number of carbonyl (C=O) groups is 1. The van der Waals surface area contributed by atoms with E-state index in [1.165, 1.54) is 29.7 Å². The van der Waals surface area contributed by atoms with Crippen LogP contribution in [0.2, 0.25) is 10.0 Å². The number of nitro benzene ring substituents is 1. The third kappa shape index (κ3) is 6.58. The van der Waals surface area contributed by atoms with Gasteiger partial charge in [0.15, 0.2) is 11.5 Å². The number of halogens is 3. The number of carbonyl (C=O) groups excluding carboxylic acids is 1. The number of amides is 1. The third-order valence-corrected chi connectivity index (χ3v) is 7.46. The molecule has 0 spiro atoms. The maximum absolute atomic E-state index is 12.6. The van der Waals surface area contributed by atoms with Gasteiger partial charge in [-0.3, -0.25) is 14.9 Å². The minimum absolute atomic E-state index is 0.0321. The van der Waals surface area contributed by atoms with Crippen molar-refractivity contribution in [3.8, 4) is 11.5 Å². The topological polar surface area (TPSA) is 103 Å². The number of benzene rings is 3. The number of hydrazone groups is 1. The maximum atomic E-state index is 12.6. The molecule has 0 bridgehead atoms. The predicted octanol–water partition coefficient (Wildman–Crippen LogP) is 7.62. The molecule has 0 radical (unpaired) electrons. The lowest BCUT2D eigenvalue weighted by molar-refractivity contribution is -0.384. The molecular weight excluding hydrogens is 605 g/mol. The normalized spacial score (nSPS) is 11.1. The molecule has 0 unspecified atom stereocenters. The minimum Gasteiger partial charge on any atom is -0.490 e. The molecule has 37 heavy (non-hydrogen) atoms. The first kappa shape index (κ1) is 26.9. The number of thiophene rings is 1. The SMILES string of the molecule is CCOc1cc(/C=N\NC(=O)c2cc3cc([N+](=O)[O-])ccc3s2)cc(Br)c1OCc1ccc(Cl)c(Cl)c1. The van der Waals surface area contributed by atoms with Gasteiger partial charge < -0.3 is 9.47 Å². The number of nitro groups is 1. The molecular formula is C25H18BrCl2N3O5S. The predicted molar refractivity (Wildman–Crippen MR) is 150 cm³/mol. The molecule has 12 heteroatoms. The molecule has 1 heterocycles. The quantitative estimate of drug-likeness (QED) is 0.117. The van der Waals surface area contributed by atoms with E-state index in [0.717, 1.165) is 10.3 Å². The molecule has 0 atom stereocenters. The van der Waals surface area contributed by atoms with Gasteiger partial charge in [0, 0.05) is 22.2 Å². The van der Waals surface area contributed by atoms with Gasteiger partial charge in [0.25, 0.3) is 11.6 Å². The number of nitrogens with one attached hydrogen (secondary N) is 1. The second kappa shape index (κ2) is 11.9. The summed E-state index contributed by atoms with van der Waals surface area (Å²) in [6.07, 6.45) is 1.48. The fourth-order valence-electron chi connectivity index (χ4n) is 3.33. The van der Waals surface area contributed by atoms with Crippen LogP contribution < -0.4 is 14.9 Å². The molecule has 0 fully saturated rings. The van der Waals surface area contributed by atoms with Crippen molar-refractivity contribution in [2.45, 2.75) is 13.5 Å². The fourth-order valence-corrected chi connectivity index (χ4v) is 5.15. The van der Waals surface area contributed by atoms with Gasteiger partial charge >= 0.3 is 0 Å². The average Bonchev–Trinajstić information content (AvgIpc) is 3.29. The van der Waals surface area contributed by atoms with Crippen LogP contribution in [-0.4, -0.2) is 23.7 Å². The van der Waals surface area contributed by atoms with Gasteiger partial charge in [-0.25, -0.2) is 5.43 Å². The molecule has 4 aromatic rings. The van der Waals surface area contributed by atoms with E-state index in [2.05, 4.69) is 26.5 Å². The van der Waals surface area contributed by atoms with Crippen molar-refractivity contribution >= 4 is 78.4 Å². The van der Waals surface area contributed by atoms with Gasteiger partial charge in [-0.15, -0.1) is 11.3 Å². The summed E-state index contributed by atoms with van der Waals surface area (Å²) in [5, 5.41) is 16.6. The van der Waals surface area contributed by atoms with Gasteiger partial charge in [0.1, 0.15) is 6.61 Å². The van der Waals surface area contributed by atoms with Crippen LogP contribution in [0.3, 0.4) is 0 Å². The van der Waals surface area contributed by atoms with Crippen LogP contribution in [0.1, 0.15) is 27.7 Å². The van der Waals surface area contributed by atoms with E-state index in [4.69, 9.17) is 32.7 Å². The fraction of sp³-hybridized carbons (Fsp3) is 0.120. The Labute approximate surface area is 234 Å². The molecule has 4 rings (SSSR count). The number of fused-ring (bicyclic) bond motifs is 1. The minimum atomic E-state index is -0.473. The highest BCUT2D eigenvalue weighted by atomic mass is 79.9. The van der Waals surface area contributed by atoms with Crippen molar-refractivity contribution in [1.82, 2.24) is 5.43 Å². The van der Waals surface area contributed by atoms with E-state index in [1.54, 1.807) is 36.4 Å². The molecule has 1 amide bonds. The first-order valence-electron chi connectivity index (χ1n) is 10.8. The van der Waals surface area contributed by atoms with Crippen molar-refractivity contribution in [3.05, 3.63) is 95.2 Å². The monoisotopic (exact) mass is 621 g/mol. The smallest absolute Gasteiger partial charge is 0.281 e. The van der Waals surface area contributed by atoms with Crippen LogP contribution in [0.25, 0.3) is 10.1 Å². The number of ether oxygens (including phenoxy) is 2. The molecule has 8 nitrogen and oxygen atoms in total. The van der Waals surface area contributed by atoms with Crippen LogP contribution in [0.4, 0.5) is 5.69 Å². The van der Waals surface area contributed by atoms with Crippen LogP contribution in [0.15, 0.2) is 64.2 Å². The number of rotatable bonds is 9. The first-order valence-corrected chi connectivity index (χ1v) is 13.2. The largest absolute Gasteiger partial charge is 0.490 e. The number of nitrogens with zero attached hydrogens (tertiary/aromatic N) is 2. The molecule has 0 aliphatic rings. The van der Waals surface area contributed by atoms with Crippen molar-refractivity contribution in [2.75, 3.05) is 6.61 Å². The van der Waals surface area contributed by atoms with Crippen LogP contribution in [0, 0.1) is 10.1 Å². The molecule has 0 aliphatic carbocycles.